The smallest absolute Gasteiger partial charge is 0.277 e. The van der Waals surface area contributed by atoms with Crippen LogP contribution in [0.25, 0.3) is 11.5 Å². The van der Waals surface area contributed by atoms with Crippen LogP contribution in [0.4, 0.5) is 0 Å². The zero-order chi connectivity index (χ0) is 13.1. The highest BCUT2D eigenvalue weighted by Gasteiger charge is 2.18. The van der Waals surface area contributed by atoms with Crippen molar-refractivity contribution in [1.82, 2.24) is 10.2 Å². The maximum Gasteiger partial charge on any atom is 0.277 e. The largest absolute Gasteiger partial charge is 0.411 e. The van der Waals surface area contributed by atoms with Gasteiger partial charge in [-0.25, -0.2) is 0 Å². The van der Waals surface area contributed by atoms with Crippen LogP contribution in [-0.2, 0) is 9.47 Å². The third-order valence-corrected chi connectivity index (χ3v) is 4.09. The van der Waals surface area contributed by atoms with Crippen LogP contribution in [0.1, 0.15) is 0 Å². The van der Waals surface area contributed by atoms with Crippen molar-refractivity contribution in [2.75, 3.05) is 19.0 Å². The first-order valence-electron chi connectivity index (χ1n) is 5.77. The second-order valence-electron chi connectivity index (χ2n) is 3.84. The van der Waals surface area contributed by atoms with Crippen LogP contribution in [0.3, 0.4) is 0 Å². The third-order valence-electron chi connectivity index (χ3n) is 2.54. The van der Waals surface area contributed by atoms with Crippen molar-refractivity contribution < 1.29 is 13.9 Å². The maximum atomic E-state index is 5.61. The van der Waals surface area contributed by atoms with Gasteiger partial charge in [-0.2, -0.15) is 0 Å². The van der Waals surface area contributed by atoms with E-state index < -0.39 is 0 Å². The lowest BCUT2D eigenvalue weighted by molar-refractivity contribution is -0.0215. The summed E-state index contributed by atoms with van der Waals surface area (Å²) in [5.74, 6) is 1.15. The molecule has 1 aromatic heterocycles. The highest BCUT2D eigenvalue weighted by Crippen LogP contribution is 2.29. The van der Waals surface area contributed by atoms with E-state index >= 15 is 0 Å². The van der Waals surface area contributed by atoms with E-state index in [4.69, 9.17) is 13.9 Å². The fraction of sp³-hybridized carbons (Fsp3) is 0.333. The Labute approximate surface area is 122 Å². The Morgan fingerprint density at radius 2 is 2.00 bits per heavy atom. The molecule has 0 saturated carbocycles. The molecule has 5 nitrogen and oxygen atoms in total. The summed E-state index contributed by atoms with van der Waals surface area (Å²) in [6, 6.07) is 7.73. The minimum absolute atomic E-state index is 0.177. The fourth-order valence-electron chi connectivity index (χ4n) is 1.65. The van der Waals surface area contributed by atoms with Crippen LogP contribution >= 0.6 is 27.7 Å². The Bertz CT molecular complexity index is 557. The van der Waals surface area contributed by atoms with Crippen molar-refractivity contribution in [3.8, 4) is 11.5 Å². The van der Waals surface area contributed by atoms with Gasteiger partial charge in [0.05, 0.1) is 24.5 Å². The number of ether oxygens (including phenoxy) is 2. The molecule has 0 radical (unpaired) electrons. The maximum absolute atomic E-state index is 5.61. The highest BCUT2D eigenvalue weighted by molar-refractivity contribution is 9.10. The van der Waals surface area contributed by atoms with Crippen LogP contribution in [0, 0.1) is 0 Å². The number of rotatable bonds is 4. The van der Waals surface area contributed by atoms with E-state index in [0.29, 0.717) is 30.1 Å². The van der Waals surface area contributed by atoms with Crippen molar-refractivity contribution in [1.29, 1.82) is 0 Å². The van der Waals surface area contributed by atoms with Crippen molar-refractivity contribution in [2.45, 2.75) is 11.5 Å². The van der Waals surface area contributed by atoms with Gasteiger partial charge in [-0.3, -0.25) is 0 Å². The molecule has 2 heterocycles. The van der Waals surface area contributed by atoms with Crippen LogP contribution < -0.4 is 0 Å². The van der Waals surface area contributed by atoms with Gasteiger partial charge in [-0.1, -0.05) is 23.9 Å². The van der Waals surface area contributed by atoms with Gasteiger partial charge in [0.2, 0.25) is 5.89 Å². The molecule has 1 aliphatic heterocycles. The van der Waals surface area contributed by atoms with Gasteiger partial charge in [-0.15, -0.1) is 10.2 Å². The summed E-state index contributed by atoms with van der Waals surface area (Å²) < 4.78 is 17.2. The van der Waals surface area contributed by atoms with Crippen molar-refractivity contribution in [3.63, 3.8) is 0 Å². The van der Waals surface area contributed by atoms with E-state index in [1.807, 2.05) is 24.3 Å². The number of halogens is 1. The monoisotopic (exact) mass is 342 g/mol. The van der Waals surface area contributed by atoms with Gasteiger partial charge >= 0.3 is 0 Å². The Hall–Kier alpha value is -0.890. The summed E-state index contributed by atoms with van der Waals surface area (Å²) in [5.41, 5.74) is 0.884. The molecule has 0 atom stereocenters. The van der Waals surface area contributed by atoms with E-state index in [-0.39, 0.29) is 6.29 Å². The van der Waals surface area contributed by atoms with Gasteiger partial charge < -0.3 is 13.9 Å². The molecule has 100 valence electrons. The Balaban J connectivity index is 1.67. The van der Waals surface area contributed by atoms with Gasteiger partial charge in [-0.05, 0) is 28.1 Å². The number of nitrogens with zero attached hydrogens (tertiary/aromatic N) is 2. The van der Waals surface area contributed by atoms with Crippen molar-refractivity contribution in [2.24, 2.45) is 0 Å². The molecule has 0 unspecified atom stereocenters. The van der Waals surface area contributed by atoms with Crippen LogP contribution in [0.5, 0.6) is 0 Å². The third kappa shape index (κ3) is 3.17. The summed E-state index contributed by atoms with van der Waals surface area (Å²) in [6.45, 7) is 1.30. The summed E-state index contributed by atoms with van der Waals surface area (Å²) in [7, 11) is 0. The fourth-order valence-corrected chi connectivity index (χ4v) is 2.82. The lowest BCUT2D eigenvalue weighted by atomic mass is 10.2. The Morgan fingerprint density at radius 1 is 1.21 bits per heavy atom. The summed E-state index contributed by atoms with van der Waals surface area (Å²) >= 11 is 4.89. The highest BCUT2D eigenvalue weighted by atomic mass is 79.9. The molecular weight excluding hydrogens is 332 g/mol. The van der Waals surface area contributed by atoms with Gasteiger partial charge in [0.1, 0.15) is 0 Å². The predicted octanol–water partition coefficient (Wildman–Crippen LogP) is 2.96. The first-order valence-corrected chi connectivity index (χ1v) is 7.55. The Kier molecular flexibility index (Phi) is 4.17. The van der Waals surface area contributed by atoms with E-state index in [1.165, 1.54) is 11.8 Å². The van der Waals surface area contributed by atoms with Gasteiger partial charge in [0, 0.05) is 4.47 Å². The van der Waals surface area contributed by atoms with Crippen molar-refractivity contribution in [3.05, 3.63) is 28.7 Å². The van der Waals surface area contributed by atoms with Gasteiger partial charge in [0.15, 0.2) is 6.29 Å². The molecule has 0 amide bonds. The quantitative estimate of drug-likeness (QED) is 0.796. The molecule has 0 N–H and O–H groups in total. The molecule has 19 heavy (non-hydrogen) atoms. The van der Waals surface area contributed by atoms with Crippen LogP contribution in [0.2, 0.25) is 0 Å². The molecule has 1 aliphatic rings. The molecule has 1 saturated heterocycles. The molecule has 3 rings (SSSR count). The Morgan fingerprint density at radius 3 is 2.79 bits per heavy atom. The van der Waals surface area contributed by atoms with E-state index in [9.17, 15) is 0 Å². The molecular formula is C12H11BrN2O3S. The molecule has 7 heteroatoms. The minimum Gasteiger partial charge on any atom is -0.411 e. The number of benzene rings is 1. The van der Waals surface area contributed by atoms with E-state index in [2.05, 4.69) is 26.1 Å². The van der Waals surface area contributed by atoms with Crippen LogP contribution in [0.15, 0.2) is 38.4 Å². The van der Waals surface area contributed by atoms with Crippen LogP contribution in [-0.4, -0.2) is 35.5 Å². The zero-order valence-corrected chi connectivity index (χ0v) is 12.3. The number of hydrogen-bond acceptors (Lipinski definition) is 6. The summed E-state index contributed by atoms with van der Waals surface area (Å²) in [5, 5.41) is 8.57. The van der Waals surface area contributed by atoms with E-state index in [0.717, 1.165) is 10.0 Å². The lowest BCUT2D eigenvalue weighted by Gasteiger charge is -2.05. The second-order valence-corrected chi connectivity index (χ2v) is 5.66. The molecule has 0 aliphatic carbocycles. The zero-order valence-electron chi connectivity index (χ0n) is 9.91. The summed E-state index contributed by atoms with van der Waals surface area (Å²) in [4.78, 5) is 0. The topological polar surface area (TPSA) is 57.4 Å². The normalized spacial score (nSPS) is 16.1. The standard InChI is InChI=1S/C12H11BrN2O3S/c13-9-4-2-1-3-8(9)11-14-15-12(18-11)19-7-10-16-5-6-17-10/h1-4,10H,5-7H2. The molecule has 0 spiro atoms. The molecule has 2 aromatic rings. The first-order chi connectivity index (χ1) is 9.33. The van der Waals surface area contributed by atoms with E-state index in [1.54, 1.807) is 0 Å². The summed E-state index contributed by atoms with van der Waals surface area (Å²) in [6.07, 6.45) is -0.177. The first kappa shape index (κ1) is 13.1. The molecule has 0 bridgehead atoms. The van der Waals surface area contributed by atoms with Crippen molar-refractivity contribution >= 4 is 27.7 Å². The minimum atomic E-state index is -0.177. The molecule has 1 aromatic carbocycles. The lowest BCUT2D eigenvalue weighted by Crippen LogP contribution is -2.10. The second kappa shape index (κ2) is 6.04. The number of hydrogen-bond donors (Lipinski definition) is 0. The number of thioether (sulfide) groups is 1. The average Bonchev–Trinajstić information content (AvgIpc) is 3.08. The average molecular weight is 343 g/mol. The van der Waals surface area contributed by atoms with Gasteiger partial charge in [0.25, 0.3) is 5.22 Å². The number of aromatic nitrogens is 2. The molecule has 1 fully saturated rings. The predicted molar refractivity (Wildman–Crippen MR) is 73.9 cm³/mol. The SMILES string of the molecule is Brc1ccccc1-c1nnc(SCC2OCCO2)o1.